The number of rotatable bonds is 19. The summed E-state index contributed by atoms with van der Waals surface area (Å²) in [5.74, 6) is -0.797. The lowest BCUT2D eigenvalue weighted by atomic mass is 10.1. The van der Waals surface area contributed by atoms with Crippen molar-refractivity contribution in [3.8, 4) is 0 Å². The van der Waals surface area contributed by atoms with E-state index in [0.29, 0.717) is 25.2 Å². The molecule has 42 heavy (non-hydrogen) atoms. The van der Waals surface area contributed by atoms with Crippen molar-refractivity contribution in [2.24, 2.45) is 0 Å². The molecule has 0 aromatic heterocycles. The third-order valence-corrected chi connectivity index (χ3v) is 9.34. The molecule has 0 radical (unpaired) electrons. The molecule has 1 aliphatic rings. The van der Waals surface area contributed by atoms with Gasteiger partial charge in [-0.15, -0.1) is 11.8 Å². The van der Waals surface area contributed by atoms with Gasteiger partial charge in [0.1, 0.15) is 0 Å². The van der Waals surface area contributed by atoms with Crippen LogP contribution in [-0.2, 0) is 22.6 Å². The van der Waals surface area contributed by atoms with Crippen molar-refractivity contribution >= 4 is 29.5 Å². The zero-order valence-corrected chi connectivity index (χ0v) is 26.2. The first-order valence-electron chi connectivity index (χ1n) is 15.6. The summed E-state index contributed by atoms with van der Waals surface area (Å²) in [5.41, 5.74) is 2.49. The Kier molecular flexibility index (Phi) is 14.7. The topological polar surface area (TPSA) is 77.9 Å². The third-order valence-electron chi connectivity index (χ3n) is 7.84. The molecule has 0 aliphatic carbocycles. The molecule has 0 spiro atoms. The fourth-order valence-electron chi connectivity index (χ4n) is 5.36. The molecule has 1 unspecified atom stereocenters. The number of thioether (sulfide) groups is 1. The predicted molar refractivity (Wildman–Crippen MR) is 173 cm³/mol. The van der Waals surface area contributed by atoms with Gasteiger partial charge in [-0.1, -0.05) is 100 Å². The van der Waals surface area contributed by atoms with Gasteiger partial charge in [0.05, 0.1) is 16.2 Å². The normalized spacial score (nSPS) is 16.8. The number of hydrogen-bond donors (Lipinski definition) is 1. The lowest BCUT2D eigenvalue weighted by Crippen LogP contribution is -2.38. The van der Waals surface area contributed by atoms with Crippen LogP contribution in [-0.4, -0.2) is 56.4 Å². The van der Waals surface area contributed by atoms with Crippen LogP contribution in [0.1, 0.15) is 99.5 Å². The minimum absolute atomic E-state index is 0.0211. The van der Waals surface area contributed by atoms with E-state index in [1.807, 2.05) is 71.3 Å². The number of unbranched alkanes of at least 4 members (excludes halogenated alkanes) is 6. The van der Waals surface area contributed by atoms with Gasteiger partial charge in [0.15, 0.2) is 0 Å². The van der Waals surface area contributed by atoms with E-state index < -0.39 is 5.97 Å². The van der Waals surface area contributed by atoms with Gasteiger partial charge >= 0.3 is 5.97 Å². The molecular formula is C35H48N2O4S. The van der Waals surface area contributed by atoms with Crippen molar-refractivity contribution in [3.05, 3.63) is 83.4 Å². The molecule has 2 aromatic rings. The molecule has 7 heteroatoms. The van der Waals surface area contributed by atoms with Gasteiger partial charge in [-0.05, 0) is 55.9 Å². The van der Waals surface area contributed by atoms with Gasteiger partial charge in [-0.25, -0.2) is 4.79 Å². The number of benzene rings is 2. The molecule has 0 saturated carbocycles. The fraction of sp³-hybridized carbons (Fsp3) is 0.514. The molecule has 0 bridgehead atoms. The molecule has 1 fully saturated rings. The summed E-state index contributed by atoms with van der Waals surface area (Å²) in [6.07, 6.45) is 15.1. The largest absolute Gasteiger partial charge is 0.478 e. The highest BCUT2D eigenvalue weighted by Gasteiger charge is 2.40. The zero-order chi connectivity index (χ0) is 30.2. The highest BCUT2D eigenvalue weighted by molar-refractivity contribution is 8.01. The molecule has 1 N–H and O–H groups in total. The first-order chi connectivity index (χ1) is 20.4. The lowest BCUT2D eigenvalue weighted by molar-refractivity contribution is -0.136. The summed E-state index contributed by atoms with van der Waals surface area (Å²) in [4.78, 5) is 42.1. The van der Waals surface area contributed by atoms with Crippen LogP contribution in [0.2, 0.25) is 0 Å². The van der Waals surface area contributed by atoms with Crippen LogP contribution in [0.25, 0.3) is 0 Å². The summed E-state index contributed by atoms with van der Waals surface area (Å²) in [6.45, 7) is 5.95. The summed E-state index contributed by atoms with van der Waals surface area (Å²) < 4.78 is 0. The van der Waals surface area contributed by atoms with Crippen molar-refractivity contribution in [2.45, 2.75) is 102 Å². The van der Waals surface area contributed by atoms with Crippen LogP contribution in [0.5, 0.6) is 0 Å². The Morgan fingerprint density at radius 2 is 1.64 bits per heavy atom. The number of amides is 2. The summed E-state index contributed by atoms with van der Waals surface area (Å²) in [5, 5.41) is 8.90. The number of aryl methyl sites for hydroxylation is 1. The second-order valence-electron chi connectivity index (χ2n) is 11.2. The van der Waals surface area contributed by atoms with Gasteiger partial charge in [0.2, 0.25) is 11.8 Å². The maximum atomic E-state index is 13.7. The Morgan fingerprint density at radius 1 is 0.929 bits per heavy atom. The molecule has 1 saturated heterocycles. The molecule has 2 aromatic carbocycles. The zero-order valence-electron chi connectivity index (χ0n) is 25.4. The fourth-order valence-corrected chi connectivity index (χ4v) is 6.89. The Labute approximate surface area is 256 Å². The molecule has 3 rings (SSSR count). The van der Waals surface area contributed by atoms with E-state index in [9.17, 15) is 14.4 Å². The first-order valence-corrected chi connectivity index (χ1v) is 16.6. The number of hydrogen-bond acceptors (Lipinski definition) is 4. The number of carbonyl (C=O) groups is 3. The van der Waals surface area contributed by atoms with Crippen LogP contribution < -0.4 is 0 Å². The van der Waals surface area contributed by atoms with Gasteiger partial charge in [-0.3, -0.25) is 9.59 Å². The summed E-state index contributed by atoms with van der Waals surface area (Å²) in [6, 6.07) is 17.1. The molecule has 2 atom stereocenters. The van der Waals surface area contributed by atoms with E-state index in [1.165, 1.54) is 32.1 Å². The van der Waals surface area contributed by atoms with Gasteiger partial charge < -0.3 is 14.9 Å². The average molecular weight is 593 g/mol. The monoisotopic (exact) mass is 592 g/mol. The third kappa shape index (κ3) is 11.0. The standard InChI is InChI=1S/C35H48N2O4S/c1-3-5-7-8-9-13-19-33-37(25-15-14-16-28-20-22-30(23-21-28)35(40)41)34(39)31(42-33)26-32(38)36(24-6-4-2)27-29-17-11-10-12-18-29/h4,6,10-12,17-18,20-23,31,33H,3,5,7-9,13-16,19,24-27H2,1-2H3,(H,40,41)/b6-4+/t31?,33-/m0/s1. The van der Waals surface area contributed by atoms with E-state index in [1.54, 1.807) is 23.9 Å². The summed E-state index contributed by atoms with van der Waals surface area (Å²) in [7, 11) is 0. The number of carboxylic acids is 1. The van der Waals surface area contributed by atoms with Crippen LogP contribution in [0.3, 0.4) is 0 Å². The minimum Gasteiger partial charge on any atom is -0.478 e. The second-order valence-corrected chi connectivity index (χ2v) is 12.5. The van der Waals surface area contributed by atoms with Crippen molar-refractivity contribution in [2.75, 3.05) is 13.1 Å². The number of aromatic carboxylic acids is 1. The second kappa shape index (κ2) is 18.5. The van der Waals surface area contributed by atoms with Crippen molar-refractivity contribution in [1.82, 2.24) is 9.80 Å². The van der Waals surface area contributed by atoms with E-state index in [4.69, 9.17) is 5.11 Å². The Morgan fingerprint density at radius 3 is 2.33 bits per heavy atom. The molecule has 6 nitrogen and oxygen atoms in total. The number of carbonyl (C=O) groups excluding carboxylic acids is 2. The Balaban J connectivity index is 1.59. The lowest BCUT2D eigenvalue weighted by Gasteiger charge is -2.24. The first kappa shape index (κ1) is 33.4. The van der Waals surface area contributed by atoms with Gasteiger partial charge in [0, 0.05) is 26.1 Å². The maximum Gasteiger partial charge on any atom is 0.335 e. The average Bonchev–Trinajstić information content (AvgIpc) is 3.29. The Hall–Kier alpha value is -3.06. The number of allylic oxidation sites excluding steroid dienone is 1. The molecular weight excluding hydrogens is 544 g/mol. The number of nitrogens with zero attached hydrogens (tertiary/aromatic N) is 2. The van der Waals surface area contributed by atoms with Crippen molar-refractivity contribution in [3.63, 3.8) is 0 Å². The molecule has 2 amide bonds. The van der Waals surface area contributed by atoms with E-state index in [2.05, 4.69) is 6.92 Å². The van der Waals surface area contributed by atoms with E-state index in [0.717, 1.165) is 43.2 Å². The molecule has 228 valence electrons. The van der Waals surface area contributed by atoms with Crippen LogP contribution in [0, 0.1) is 0 Å². The van der Waals surface area contributed by atoms with E-state index in [-0.39, 0.29) is 28.9 Å². The van der Waals surface area contributed by atoms with E-state index >= 15 is 0 Å². The molecule has 1 aliphatic heterocycles. The SMILES string of the molecule is C/C=C/CN(Cc1ccccc1)C(=O)CC1S[C@@H](CCCCCCCC)N(CCCCc2ccc(C(=O)O)cc2)C1=O. The summed E-state index contributed by atoms with van der Waals surface area (Å²) >= 11 is 1.69. The van der Waals surface area contributed by atoms with Crippen LogP contribution >= 0.6 is 11.8 Å². The maximum absolute atomic E-state index is 13.7. The predicted octanol–water partition coefficient (Wildman–Crippen LogP) is 7.72. The van der Waals surface area contributed by atoms with Crippen molar-refractivity contribution in [1.29, 1.82) is 0 Å². The quantitative estimate of drug-likeness (QED) is 0.133. The highest BCUT2D eigenvalue weighted by atomic mass is 32.2. The van der Waals surface area contributed by atoms with Crippen LogP contribution in [0.15, 0.2) is 66.7 Å². The van der Waals surface area contributed by atoms with Gasteiger partial charge in [0.25, 0.3) is 0 Å². The number of carboxylic acid groups (broad SMARTS) is 1. The molecule has 1 heterocycles. The van der Waals surface area contributed by atoms with Crippen molar-refractivity contribution < 1.29 is 19.5 Å². The highest BCUT2D eigenvalue weighted by Crippen LogP contribution is 2.37. The smallest absolute Gasteiger partial charge is 0.335 e. The van der Waals surface area contributed by atoms with Crippen LogP contribution in [0.4, 0.5) is 0 Å². The van der Waals surface area contributed by atoms with Gasteiger partial charge in [-0.2, -0.15) is 0 Å². The Bertz CT molecular complexity index is 1140. The minimum atomic E-state index is -0.916.